The molecule has 66 valence electrons. The minimum atomic E-state index is 0.560. The molecule has 0 fully saturated rings. The second-order valence-electron chi connectivity index (χ2n) is 2.30. The van der Waals surface area contributed by atoms with Crippen molar-refractivity contribution in [1.82, 2.24) is 0 Å². The van der Waals surface area contributed by atoms with E-state index in [-0.39, 0.29) is 0 Å². The van der Waals surface area contributed by atoms with Gasteiger partial charge < -0.3 is 0 Å². The number of alkyl halides is 2. The Kier molecular flexibility index (Phi) is 4.74. The van der Waals surface area contributed by atoms with Crippen LogP contribution in [-0.2, 0) is 0 Å². The van der Waals surface area contributed by atoms with Crippen LogP contribution in [-0.4, -0.2) is 11.8 Å². The van der Waals surface area contributed by atoms with Crippen LogP contribution in [0.15, 0.2) is 23.6 Å². The van der Waals surface area contributed by atoms with E-state index >= 15 is 0 Å². The lowest BCUT2D eigenvalue weighted by atomic mass is 10.1. The van der Waals surface area contributed by atoms with Crippen LogP contribution in [0.1, 0.15) is 11.3 Å². The highest BCUT2D eigenvalue weighted by atomic mass is 35.5. The molecule has 0 aliphatic carbocycles. The fraction of sp³-hybridized carbons (Fsp3) is 0.333. The van der Waals surface area contributed by atoms with E-state index in [1.54, 1.807) is 11.3 Å². The Morgan fingerprint density at radius 1 is 1.50 bits per heavy atom. The number of thiophene rings is 1. The van der Waals surface area contributed by atoms with Crippen LogP contribution >= 0.6 is 34.5 Å². The second kappa shape index (κ2) is 5.63. The first-order valence-corrected chi connectivity index (χ1v) is 5.68. The summed E-state index contributed by atoms with van der Waals surface area (Å²) in [6.07, 6.45) is 2.92. The van der Waals surface area contributed by atoms with Crippen LogP contribution in [0, 0.1) is 0 Å². The van der Waals surface area contributed by atoms with Gasteiger partial charge in [-0.05, 0) is 23.4 Å². The quantitative estimate of drug-likeness (QED) is 0.674. The van der Waals surface area contributed by atoms with Crippen LogP contribution < -0.4 is 0 Å². The van der Waals surface area contributed by atoms with Gasteiger partial charge in [0.1, 0.15) is 0 Å². The topological polar surface area (TPSA) is 0 Å². The molecule has 0 radical (unpaired) electrons. The molecule has 1 rings (SSSR count). The van der Waals surface area contributed by atoms with Gasteiger partial charge >= 0.3 is 0 Å². The SMILES string of the molecule is ClC/C=C(/CCCl)c1cccs1. The predicted molar refractivity (Wildman–Crippen MR) is 58.4 cm³/mol. The summed E-state index contributed by atoms with van der Waals surface area (Å²) in [4.78, 5) is 1.27. The number of hydrogen-bond acceptors (Lipinski definition) is 1. The first-order valence-electron chi connectivity index (χ1n) is 3.73. The van der Waals surface area contributed by atoms with Crippen molar-refractivity contribution in [2.45, 2.75) is 6.42 Å². The van der Waals surface area contributed by atoms with Crippen molar-refractivity contribution in [3.63, 3.8) is 0 Å². The van der Waals surface area contributed by atoms with Crippen molar-refractivity contribution in [3.8, 4) is 0 Å². The molecule has 0 aromatic carbocycles. The molecule has 0 unspecified atom stereocenters. The van der Waals surface area contributed by atoms with E-state index < -0.39 is 0 Å². The third-order valence-electron chi connectivity index (χ3n) is 1.53. The molecule has 12 heavy (non-hydrogen) atoms. The van der Waals surface area contributed by atoms with Gasteiger partial charge in [-0.25, -0.2) is 0 Å². The minimum absolute atomic E-state index is 0.560. The first kappa shape index (κ1) is 10.1. The molecule has 1 aromatic rings. The van der Waals surface area contributed by atoms with Crippen molar-refractivity contribution in [2.24, 2.45) is 0 Å². The molecule has 0 saturated carbocycles. The minimum Gasteiger partial charge on any atom is -0.144 e. The normalized spacial score (nSPS) is 12.0. The molecular weight excluding hydrogens is 211 g/mol. The van der Waals surface area contributed by atoms with Gasteiger partial charge in [0.05, 0.1) is 0 Å². The highest BCUT2D eigenvalue weighted by molar-refractivity contribution is 7.11. The van der Waals surface area contributed by atoms with Crippen LogP contribution in [0.25, 0.3) is 5.57 Å². The van der Waals surface area contributed by atoms with E-state index in [4.69, 9.17) is 23.2 Å². The highest BCUT2D eigenvalue weighted by Crippen LogP contribution is 2.23. The van der Waals surface area contributed by atoms with E-state index in [1.807, 2.05) is 12.1 Å². The summed E-state index contributed by atoms with van der Waals surface area (Å²) >= 11 is 13.0. The number of halogens is 2. The third kappa shape index (κ3) is 2.81. The van der Waals surface area contributed by atoms with Crippen LogP contribution in [0.2, 0.25) is 0 Å². The zero-order chi connectivity index (χ0) is 8.81. The van der Waals surface area contributed by atoms with Gasteiger partial charge in [-0.2, -0.15) is 0 Å². The Balaban J connectivity index is 2.73. The maximum absolute atomic E-state index is 5.67. The van der Waals surface area contributed by atoms with Crippen LogP contribution in [0.5, 0.6) is 0 Å². The van der Waals surface area contributed by atoms with Gasteiger partial charge in [0.25, 0.3) is 0 Å². The van der Waals surface area contributed by atoms with Crippen LogP contribution in [0.3, 0.4) is 0 Å². The molecule has 1 aromatic heterocycles. The van der Waals surface area contributed by atoms with Gasteiger partial charge in [-0.15, -0.1) is 34.5 Å². The summed E-state index contributed by atoms with van der Waals surface area (Å²) in [7, 11) is 0. The van der Waals surface area contributed by atoms with Gasteiger partial charge in [0.15, 0.2) is 0 Å². The predicted octanol–water partition coefficient (Wildman–Crippen LogP) is 4.00. The number of hydrogen-bond donors (Lipinski definition) is 0. The van der Waals surface area contributed by atoms with Gasteiger partial charge in [-0.3, -0.25) is 0 Å². The Morgan fingerprint density at radius 3 is 2.83 bits per heavy atom. The molecule has 0 nitrogen and oxygen atoms in total. The zero-order valence-corrected chi connectivity index (χ0v) is 8.92. The standard InChI is InChI=1S/C9H10Cl2S/c10-5-3-8(4-6-11)9-2-1-7-12-9/h1-3,7H,4-6H2/b8-3-. The Bertz CT molecular complexity index is 239. The summed E-state index contributed by atoms with van der Waals surface area (Å²) < 4.78 is 0. The first-order chi connectivity index (χ1) is 5.88. The van der Waals surface area contributed by atoms with Crippen molar-refractivity contribution >= 4 is 40.1 Å². The average molecular weight is 221 g/mol. The lowest BCUT2D eigenvalue weighted by Crippen LogP contribution is -1.82. The molecule has 0 bridgehead atoms. The fourth-order valence-corrected chi connectivity index (χ4v) is 2.17. The van der Waals surface area contributed by atoms with Crippen molar-refractivity contribution in [2.75, 3.05) is 11.8 Å². The highest BCUT2D eigenvalue weighted by Gasteiger charge is 2.00. The fourth-order valence-electron chi connectivity index (χ4n) is 0.982. The Hall–Kier alpha value is 0.0200. The molecule has 3 heteroatoms. The van der Waals surface area contributed by atoms with Crippen molar-refractivity contribution < 1.29 is 0 Å². The summed E-state index contributed by atoms with van der Waals surface area (Å²) in [5.41, 5.74) is 1.26. The zero-order valence-electron chi connectivity index (χ0n) is 6.59. The van der Waals surface area contributed by atoms with Crippen molar-refractivity contribution in [3.05, 3.63) is 28.5 Å². The summed E-state index contributed by atoms with van der Waals surface area (Å²) in [5, 5.41) is 2.06. The smallest absolute Gasteiger partial charge is 0.0410 e. The maximum atomic E-state index is 5.67. The van der Waals surface area contributed by atoms with E-state index in [0.717, 1.165) is 6.42 Å². The van der Waals surface area contributed by atoms with Gasteiger partial charge in [-0.1, -0.05) is 12.1 Å². The van der Waals surface area contributed by atoms with Crippen molar-refractivity contribution in [1.29, 1.82) is 0 Å². The lowest BCUT2D eigenvalue weighted by Gasteiger charge is -2.00. The summed E-state index contributed by atoms with van der Waals surface area (Å²) in [6.45, 7) is 0. The van der Waals surface area contributed by atoms with E-state index in [9.17, 15) is 0 Å². The molecule has 1 heterocycles. The summed E-state index contributed by atoms with van der Waals surface area (Å²) in [6, 6.07) is 4.13. The molecule has 0 aliphatic rings. The van der Waals surface area contributed by atoms with E-state index in [0.29, 0.717) is 11.8 Å². The van der Waals surface area contributed by atoms with Gasteiger partial charge in [0.2, 0.25) is 0 Å². The molecule has 0 atom stereocenters. The molecule has 0 saturated heterocycles. The number of allylic oxidation sites excluding steroid dienone is 2. The monoisotopic (exact) mass is 220 g/mol. The Labute approximate surface area is 86.8 Å². The molecule has 0 spiro atoms. The van der Waals surface area contributed by atoms with Gasteiger partial charge in [0, 0.05) is 16.6 Å². The van der Waals surface area contributed by atoms with E-state index in [2.05, 4.69) is 11.4 Å². The van der Waals surface area contributed by atoms with E-state index in [1.165, 1.54) is 10.5 Å². The Morgan fingerprint density at radius 2 is 2.33 bits per heavy atom. The van der Waals surface area contributed by atoms with Crippen LogP contribution in [0.4, 0.5) is 0 Å². The molecular formula is C9H10Cl2S. The maximum Gasteiger partial charge on any atom is 0.0410 e. The second-order valence-corrected chi connectivity index (χ2v) is 3.93. The average Bonchev–Trinajstić information content (AvgIpc) is 2.56. The number of rotatable bonds is 4. The molecule has 0 amide bonds. The molecule has 0 aliphatic heterocycles. The largest absolute Gasteiger partial charge is 0.144 e. The summed E-state index contributed by atoms with van der Waals surface area (Å²) in [5.74, 6) is 1.21. The molecule has 0 N–H and O–H groups in total. The lowest BCUT2D eigenvalue weighted by molar-refractivity contribution is 1.26. The third-order valence-corrected chi connectivity index (χ3v) is 2.81.